The fourth-order valence-electron chi connectivity index (χ4n) is 6.83. The Bertz CT molecular complexity index is 784. The number of aliphatic hydroxyl groups excluding tert-OH is 1. The average Bonchev–Trinajstić information content (AvgIpc) is 2.93. The van der Waals surface area contributed by atoms with Crippen molar-refractivity contribution < 1.29 is 20.1 Å². The summed E-state index contributed by atoms with van der Waals surface area (Å²) < 4.78 is 6.16. The fourth-order valence-corrected chi connectivity index (χ4v) is 6.83. The van der Waals surface area contributed by atoms with E-state index in [1.165, 1.54) is 24.8 Å². The zero-order valence-electron chi connectivity index (χ0n) is 15.4. The number of aromatic hydroxyl groups is 1. The van der Waals surface area contributed by atoms with Gasteiger partial charge in [0.15, 0.2) is 11.5 Å². The van der Waals surface area contributed by atoms with Crippen LogP contribution in [-0.2, 0) is 11.8 Å². The van der Waals surface area contributed by atoms with E-state index >= 15 is 0 Å². The summed E-state index contributed by atoms with van der Waals surface area (Å²) in [5.41, 5.74) is 0.712. The van der Waals surface area contributed by atoms with Crippen LogP contribution in [0.3, 0.4) is 0 Å². The first-order valence-corrected chi connectivity index (χ1v) is 10.2. The number of nitrogens with zero attached hydrogens (tertiary/aromatic N) is 1. The third kappa shape index (κ3) is 2.01. The summed E-state index contributed by atoms with van der Waals surface area (Å²) >= 11 is 0. The summed E-state index contributed by atoms with van der Waals surface area (Å²) in [6, 6.07) is 3.80. The summed E-state index contributed by atoms with van der Waals surface area (Å²) in [7, 11) is 0. The van der Waals surface area contributed by atoms with Crippen LogP contribution in [0.1, 0.15) is 49.7 Å². The van der Waals surface area contributed by atoms with Crippen molar-refractivity contribution in [2.75, 3.05) is 13.1 Å². The Morgan fingerprint density at radius 2 is 2.00 bits per heavy atom. The Morgan fingerprint density at radius 3 is 2.74 bits per heavy atom. The van der Waals surface area contributed by atoms with Gasteiger partial charge in [-0.15, -0.1) is 12.4 Å². The predicted molar refractivity (Wildman–Crippen MR) is 103 cm³/mol. The lowest BCUT2D eigenvalue weighted by atomic mass is 9.48. The molecule has 3 aliphatic carbocycles. The number of hydrogen-bond acceptors (Lipinski definition) is 5. The third-order valence-corrected chi connectivity index (χ3v) is 8.26. The zero-order valence-corrected chi connectivity index (χ0v) is 16.2. The van der Waals surface area contributed by atoms with Gasteiger partial charge in [-0.3, -0.25) is 4.90 Å². The molecular formula is C21H28ClNO4. The smallest absolute Gasteiger partial charge is 0.165 e. The monoisotopic (exact) mass is 393 g/mol. The second kappa shape index (κ2) is 5.76. The number of aliphatic hydroxyl groups is 2. The van der Waals surface area contributed by atoms with E-state index in [0.29, 0.717) is 18.6 Å². The van der Waals surface area contributed by atoms with Gasteiger partial charge in [-0.1, -0.05) is 12.5 Å². The number of phenolic OH excluding ortho intramolecular Hbond substituents is 1. The van der Waals surface area contributed by atoms with Crippen molar-refractivity contribution in [2.45, 2.75) is 74.2 Å². The number of phenols is 1. The van der Waals surface area contributed by atoms with Gasteiger partial charge in [0.25, 0.3) is 0 Å². The SMILES string of the molecule is Cl.Oc1ccc2c3c1OC1C(O)CCC4(O)C(C2)N(CC2CCC2)CCC314. The third-order valence-electron chi connectivity index (χ3n) is 8.26. The van der Waals surface area contributed by atoms with E-state index in [1.807, 2.05) is 6.07 Å². The normalized spacial score (nSPS) is 41.9. The fraction of sp³-hybridized carbons (Fsp3) is 0.714. The van der Waals surface area contributed by atoms with Gasteiger partial charge in [-0.05, 0) is 62.6 Å². The Morgan fingerprint density at radius 1 is 1.19 bits per heavy atom. The van der Waals surface area contributed by atoms with E-state index in [-0.39, 0.29) is 24.2 Å². The van der Waals surface area contributed by atoms with Crippen LogP contribution in [0.5, 0.6) is 11.5 Å². The highest BCUT2D eigenvalue weighted by atomic mass is 35.5. The molecule has 2 bridgehead atoms. The Balaban J connectivity index is 0.00000160. The topological polar surface area (TPSA) is 73.2 Å². The van der Waals surface area contributed by atoms with E-state index < -0.39 is 23.2 Å². The minimum atomic E-state index is -0.884. The highest BCUT2D eigenvalue weighted by Gasteiger charge is 2.72. The number of halogens is 1. The molecule has 1 saturated heterocycles. The Labute approximate surface area is 165 Å². The van der Waals surface area contributed by atoms with E-state index in [2.05, 4.69) is 4.90 Å². The van der Waals surface area contributed by atoms with Crippen molar-refractivity contribution >= 4 is 12.4 Å². The first kappa shape index (κ1) is 18.0. The summed E-state index contributed by atoms with van der Waals surface area (Å²) in [6.07, 6.45) is 5.68. The highest BCUT2D eigenvalue weighted by molar-refractivity contribution is 5.85. The second-order valence-electron chi connectivity index (χ2n) is 9.25. The van der Waals surface area contributed by atoms with Crippen molar-refractivity contribution in [3.8, 4) is 11.5 Å². The van der Waals surface area contributed by atoms with Crippen LogP contribution < -0.4 is 4.74 Å². The van der Waals surface area contributed by atoms with E-state index in [1.54, 1.807) is 6.07 Å². The molecule has 27 heavy (non-hydrogen) atoms. The molecule has 5 nitrogen and oxygen atoms in total. The van der Waals surface area contributed by atoms with Crippen molar-refractivity contribution in [2.24, 2.45) is 5.92 Å². The first-order valence-electron chi connectivity index (χ1n) is 10.2. The summed E-state index contributed by atoms with van der Waals surface area (Å²) in [4.78, 5) is 2.53. The Hall–Kier alpha value is -1.01. The maximum absolute atomic E-state index is 12.1. The summed E-state index contributed by atoms with van der Waals surface area (Å²) in [6.45, 7) is 2.02. The van der Waals surface area contributed by atoms with Crippen molar-refractivity contribution in [1.29, 1.82) is 0 Å². The van der Waals surface area contributed by atoms with Crippen LogP contribution in [0, 0.1) is 5.92 Å². The molecule has 5 atom stereocenters. The summed E-state index contributed by atoms with van der Waals surface area (Å²) in [5, 5.41) is 33.2. The molecule has 3 fully saturated rings. The average molecular weight is 394 g/mol. The van der Waals surface area contributed by atoms with Gasteiger partial charge < -0.3 is 20.1 Å². The number of benzene rings is 1. The maximum atomic E-state index is 12.1. The maximum Gasteiger partial charge on any atom is 0.165 e. The van der Waals surface area contributed by atoms with Crippen LogP contribution >= 0.6 is 12.4 Å². The minimum absolute atomic E-state index is 0. The van der Waals surface area contributed by atoms with Crippen molar-refractivity contribution in [3.63, 3.8) is 0 Å². The van der Waals surface area contributed by atoms with E-state index in [0.717, 1.165) is 37.4 Å². The molecule has 0 aromatic heterocycles. The van der Waals surface area contributed by atoms with Gasteiger partial charge in [-0.25, -0.2) is 0 Å². The quantitative estimate of drug-likeness (QED) is 0.717. The van der Waals surface area contributed by atoms with Crippen LogP contribution in [0.15, 0.2) is 12.1 Å². The van der Waals surface area contributed by atoms with E-state index in [9.17, 15) is 15.3 Å². The molecule has 2 aliphatic heterocycles. The molecule has 0 radical (unpaired) electrons. The molecular weight excluding hydrogens is 366 g/mol. The van der Waals surface area contributed by atoms with Gasteiger partial charge in [0.2, 0.25) is 0 Å². The molecule has 2 heterocycles. The molecule has 2 saturated carbocycles. The van der Waals surface area contributed by atoms with Crippen LogP contribution in [-0.4, -0.2) is 57.2 Å². The molecule has 5 aliphatic rings. The van der Waals surface area contributed by atoms with Gasteiger partial charge in [0, 0.05) is 18.2 Å². The largest absolute Gasteiger partial charge is 0.504 e. The van der Waals surface area contributed by atoms with Crippen LogP contribution in [0.4, 0.5) is 0 Å². The zero-order chi connectivity index (χ0) is 17.7. The molecule has 1 aromatic carbocycles. The Kier molecular flexibility index (Phi) is 3.85. The number of ether oxygens (including phenoxy) is 1. The predicted octanol–water partition coefficient (Wildman–Crippen LogP) is 2.13. The van der Waals surface area contributed by atoms with Crippen molar-refractivity contribution in [3.05, 3.63) is 23.3 Å². The first-order chi connectivity index (χ1) is 12.5. The van der Waals surface area contributed by atoms with Gasteiger partial charge >= 0.3 is 0 Å². The van der Waals surface area contributed by atoms with Gasteiger partial charge in [-0.2, -0.15) is 0 Å². The second-order valence-corrected chi connectivity index (χ2v) is 9.25. The molecule has 5 unspecified atom stereocenters. The van der Waals surface area contributed by atoms with Crippen LogP contribution in [0.2, 0.25) is 0 Å². The van der Waals surface area contributed by atoms with Crippen LogP contribution in [0.25, 0.3) is 0 Å². The lowest BCUT2D eigenvalue weighted by molar-refractivity contribution is -0.209. The van der Waals surface area contributed by atoms with Gasteiger partial charge in [0.1, 0.15) is 6.10 Å². The minimum Gasteiger partial charge on any atom is -0.504 e. The molecule has 1 spiro atoms. The lowest BCUT2D eigenvalue weighted by Crippen LogP contribution is -2.77. The highest BCUT2D eigenvalue weighted by Crippen LogP contribution is 2.65. The standard InChI is InChI=1S/C21H27NO4.ClH/c23-14-5-4-13-10-16-21(25)7-6-15(24)19-20(21,17(13)18(14)26-19)8-9-22(16)11-12-2-1-3-12;/h4-5,12,15-16,19,23-25H,1-3,6-11H2;1H. The molecule has 6 rings (SSSR count). The number of hydrogen-bond donors (Lipinski definition) is 3. The number of likely N-dealkylation sites (tertiary alicyclic amines) is 1. The molecule has 0 amide bonds. The van der Waals surface area contributed by atoms with Crippen molar-refractivity contribution in [1.82, 2.24) is 4.90 Å². The molecule has 6 heteroatoms. The number of rotatable bonds is 2. The number of piperidine rings is 1. The van der Waals surface area contributed by atoms with E-state index in [4.69, 9.17) is 4.74 Å². The van der Waals surface area contributed by atoms with Gasteiger partial charge in [0.05, 0.1) is 17.1 Å². The molecule has 3 N–H and O–H groups in total. The molecule has 148 valence electrons. The lowest BCUT2D eigenvalue weighted by Gasteiger charge is -2.64. The molecule has 1 aromatic rings. The summed E-state index contributed by atoms with van der Waals surface area (Å²) in [5.74, 6) is 1.42.